The minimum Gasteiger partial charge on any atom is -0.358 e. The third kappa shape index (κ3) is 6.31. The Morgan fingerprint density at radius 3 is 2.58 bits per heavy atom. The minimum absolute atomic E-state index is 0.0612. The summed E-state index contributed by atoms with van der Waals surface area (Å²) in [4.78, 5) is 10.6. The first-order valence-corrected chi connectivity index (χ1v) is 15.0. The summed E-state index contributed by atoms with van der Waals surface area (Å²) in [6, 6.07) is 6.94. The van der Waals surface area contributed by atoms with Crippen molar-refractivity contribution in [1.29, 1.82) is 0 Å². The maximum Gasteiger partial charge on any atom is 0.488 e. The maximum absolute atomic E-state index is 14.7. The Hall–Kier alpha value is -2.79. The molecule has 192 valence electrons. The number of fused-ring (bicyclic) bond motifs is 1. The summed E-state index contributed by atoms with van der Waals surface area (Å²) >= 11 is 6.26. The average Bonchev–Trinajstić information content (AvgIpc) is 2.76. The van der Waals surface area contributed by atoms with Crippen LogP contribution < -0.4 is 20.1 Å². The Morgan fingerprint density at radius 2 is 1.89 bits per heavy atom. The zero-order valence-corrected chi connectivity index (χ0v) is 22.0. The molecule has 0 saturated carbocycles. The van der Waals surface area contributed by atoms with Crippen molar-refractivity contribution >= 4 is 57.7 Å². The standard InChI is InChI=1S/C22H23ClF2N5O4PS/c1-30-7-6-13-8-17(24)19(9-14(13)12-30)28-22-26-11-16(23)21(29-22)27-18-5-4-15(34-36(25,32)33)10-20(18)35(2,3)31/h4-5,8-11H,6-7,12H2,1-3H3,(H2,26,27,28,29). The summed E-state index contributed by atoms with van der Waals surface area (Å²) in [5.41, 5.74) is 2.45. The van der Waals surface area contributed by atoms with Gasteiger partial charge in [-0.3, -0.25) is 0 Å². The van der Waals surface area contributed by atoms with E-state index in [4.69, 9.17) is 11.6 Å². The average molecular weight is 558 g/mol. The van der Waals surface area contributed by atoms with Crippen LogP contribution in [-0.4, -0.2) is 50.2 Å². The molecule has 14 heteroatoms. The van der Waals surface area contributed by atoms with E-state index in [1.165, 1.54) is 37.7 Å². The molecule has 2 aromatic carbocycles. The van der Waals surface area contributed by atoms with Crippen molar-refractivity contribution in [2.24, 2.45) is 0 Å². The van der Waals surface area contributed by atoms with Crippen molar-refractivity contribution < 1.29 is 25.4 Å². The Bertz CT molecular complexity index is 1490. The number of nitrogens with zero attached hydrogens (tertiary/aromatic N) is 3. The fourth-order valence-corrected chi connectivity index (χ4v) is 5.43. The van der Waals surface area contributed by atoms with Crippen molar-refractivity contribution in [1.82, 2.24) is 14.9 Å². The van der Waals surface area contributed by atoms with Gasteiger partial charge in [0.05, 0.1) is 17.6 Å². The molecule has 0 radical (unpaired) electrons. The Kier molecular flexibility index (Phi) is 7.25. The number of benzene rings is 2. The molecular weight excluding hydrogens is 535 g/mol. The Morgan fingerprint density at radius 1 is 1.14 bits per heavy atom. The molecule has 4 rings (SSSR count). The van der Waals surface area contributed by atoms with E-state index in [-0.39, 0.29) is 39.2 Å². The highest BCUT2D eigenvalue weighted by Gasteiger charge is 2.21. The zero-order valence-electron chi connectivity index (χ0n) is 19.5. The largest absolute Gasteiger partial charge is 0.488 e. The van der Waals surface area contributed by atoms with Gasteiger partial charge in [0.15, 0.2) is 5.82 Å². The monoisotopic (exact) mass is 557 g/mol. The van der Waals surface area contributed by atoms with Crippen LogP contribution in [0.25, 0.3) is 0 Å². The van der Waals surface area contributed by atoms with Crippen LogP contribution in [-0.2, 0) is 28.0 Å². The molecule has 9 nitrogen and oxygen atoms in total. The summed E-state index contributed by atoms with van der Waals surface area (Å²) < 4.78 is 66.5. The Labute approximate surface area is 212 Å². The molecule has 1 aliphatic rings. The number of likely N-dealkylation sites (N-methyl/N-ethyl adjacent to an activating group) is 1. The van der Waals surface area contributed by atoms with E-state index >= 15 is 0 Å². The Balaban J connectivity index is 1.64. The van der Waals surface area contributed by atoms with E-state index in [2.05, 4.69) is 29.7 Å². The highest BCUT2D eigenvalue weighted by atomic mass is 35.5. The molecule has 0 atom stereocenters. The molecule has 0 fully saturated rings. The summed E-state index contributed by atoms with van der Waals surface area (Å²) in [6.07, 6.45) is 2.07. The van der Waals surface area contributed by atoms with Crippen molar-refractivity contribution in [2.75, 3.05) is 37.6 Å². The molecular formula is C22H23ClF2N5O4PS. The van der Waals surface area contributed by atoms with Gasteiger partial charge in [-0.1, -0.05) is 15.5 Å². The lowest BCUT2D eigenvalue weighted by atomic mass is 9.99. The van der Waals surface area contributed by atoms with Gasteiger partial charge >= 0.3 is 10.5 Å². The second kappa shape index (κ2) is 9.93. The van der Waals surface area contributed by atoms with Gasteiger partial charge in [-0.15, -0.1) is 0 Å². The number of nitrogens with one attached hydrogen (secondary N) is 2. The second-order valence-corrected chi connectivity index (χ2v) is 13.3. The van der Waals surface area contributed by atoms with Crippen molar-refractivity contribution in [2.45, 2.75) is 13.0 Å². The number of rotatable bonds is 7. The van der Waals surface area contributed by atoms with E-state index in [1.54, 1.807) is 6.07 Å². The van der Waals surface area contributed by atoms with E-state index in [9.17, 15) is 21.3 Å². The molecule has 3 aromatic rings. The zero-order chi connectivity index (χ0) is 26.3. The molecule has 2 heterocycles. The molecule has 1 aromatic heterocycles. The molecule has 1 aliphatic heterocycles. The predicted octanol–water partition coefficient (Wildman–Crippen LogP) is 4.59. The van der Waals surface area contributed by atoms with E-state index in [0.29, 0.717) is 6.54 Å². The number of anilines is 4. The molecule has 0 saturated heterocycles. The predicted molar refractivity (Wildman–Crippen MR) is 136 cm³/mol. The summed E-state index contributed by atoms with van der Waals surface area (Å²) in [5, 5.41) is 6.11. The molecule has 0 bridgehead atoms. The number of hydrogen-bond donors (Lipinski definition) is 2. The highest BCUT2D eigenvalue weighted by molar-refractivity contribution is 7.81. The molecule has 36 heavy (non-hydrogen) atoms. The van der Waals surface area contributed by atoms with Gasteiger partial charge in [0, 0.05) is 18.4 Å². The molecule has 0 spiro atoms. The number of hydrogen-bond acceptors (Lipinski definition) is 9. The first kappa shape index (κ1) is 26.3. The molecule has 0 unspecified atom stereocenters. The third-order valence-corrected chi connectivity index (χ3v) is 7.68. The minimum atomic E-state index is -5.26. The van der Waals surface area contributed by atoms with E-state index in [0.717, 1.165) is 30.2 Å². The van der Waals surface area contributed by atoms with E-state index < -0.39 is 23.5 Å². The fourth-order valence-electron chi connectivity index (χ4n) is 3.81. The quantitative estimate of drug-likeness (QED) is 0.318. The topological polar surface area (TPSA) is 114 Å². The highest BCUT2D eigenvalue weighted by Crippen LogP contribution is 2.40. The van der Waals surface area contributed by atoms with Crippen molar-refractivity contribution in [3.63, 3.8) is 0 Å². The van der Waals surface area contributed by atoms with Gasteiger partial charge in [-0.05, 0) is 68.3 Å². The van der Waals surface area contributed by atoms with Gasteiger partial charge in [-0.2, -0.15) is 13.4 Å². The van der Waals surface area contributed by atoms with Gasteiger partial charge in [0.2, 0.25) is 5.95 Å². The molecule has 0 aliphatic carbocycles. The summed E-state index contributed by atoms with van der Waals surface area (Å²) in [5.74, 6) is -0.600. The van der Waals surface area contributed by atoms with Gasteiger partial charge in [0.25, 0.3) is 0 Å². The third-order valence-electron chi connectivity index (χ3n) is 5.48. The van der Waals surface area contributed by atoms with Crippen LogP contribution >= 0.6 is 18.7 Å². The second-order valence-electron chi connectivity index (χ2n) is 8.73. The first-order valence-electron chi connectivity index (χ1n) is 10.7. The summed E-state index contributed by atoms with van der Waals surface area (Å²) in [7, 11) is -6.27. The lowest BCUT2D eigenvalue weighted by Crippen LogP contribution is -2.26. The number of aromatic nitrogens is 2. The van der Waals surface area contributed by atoms with Crippen LogP contribution in [0.5, 0.6) is 5.75 Å². The van der Waals surface area contributed by atoms with E-state index in [1.807, 2.05) is 7.05 Å². The van der Waals surface area contributed by atoms with Gasteiger partial charge in [-0.25, -0.2) is 9.37 Å². The normalized spacial score (nSPS) is 14.3. The van der Waals surface area contributed by atoms with Crippen LogP contribution in [0.1, 0.15) is 11.1 Å². The van der Waals surface area contributed by atoms with Crippen LogP contribution in [0, 0.1) is 5.82 Å². The number of halogens is 3. The smallest absolute Gasteiger partial charge is 0.358 e. The van der Waals surface area contributed by atoms with Crippen molar-refractivity contribution in [3.05, 3.63) is 58.5 Å². The maximum atomic E-state index is 14.7. The van der Waals surface area contributed by atoms with Gasteiger partial charge < -0.3 is 24.3 Å². The first-order chi connectivity index (χ1) is 16.8. The van der Waals surface area contributed by atoms with Crippen LogP contribution in [0.15, 0.2) is 36.5 Å². The van der Waals surface area contributed by atoms with Gasteiger partial charge in [0.1, 0.15) is 23.7 Å². The van der Waals surface area contributed by atoms with Crippen LogP contribution in [0.4, 0.5) is 31.4 Å². The summed E-state index contributed by atoms with van der Waals surface area (Å²) in [6.45, 7) is 4.45. The SMILES string of the molecule is CN1CCc2cc(F)c(Nc3ncc(Cl)c(Nc4ccc(OS(=O)(=O)F)cc4P(C)(C)=O)n3)cc2C1. The van der Waals surface area contributed by atoms with Crippen LogP contribution in [0.3, 0.4) is 0 Å². The lowest BCUT2D eigenvalue weighted by Gasteiger charge is -2.25. The molecule has 0 amide bonds. The fraction of sp³-hybridized carbons (Fsp3) is 0.273. The lowest BCUT2D eigenvalue weighted by molar-refractivity contribution is 0.312. The van der Waals surface area contributed by atoms with Crippen LogP contribution in [0.2, 0.25) is 5.02 Å². The molecule has 2 N–H and O–H groups in total. The van der Waals surface area contributed by atoms with Crippen molar-refractivity contribution in [3.8, 4) is 5.75 Å².